The highest BCUT2D eigenvalue weighted by atomic mass is 15.0. The summed E-state index contributed by atoms with van der Waals surface area (Å²) in [6, 6.07) is 13.3. The van der Waals surface area contributed by atoms with Crippen LogP contribution < -0.4 is 0 Å². The van der Waals surface area contributed by atoms with Crippen LogP contribution in [0.1, 0.15) is 5.56 Å². The van der Waals surface area contributed by atoms with Crippen LogP contribution in [0.15, 0.2) is 61.4 Å². The molecular formula is C15H12N3. The van der Waals surface area contributed by atoms with Crippen molar-refractivity contribution >= 4 is 0 Å². The summed E-state index contributed by atoms with van der Waals surface area (Å²) in [6.45, 7) is 0.769. The Morgan fingerprint density at radius 1 is 1.11 bits per heavy atom. The number of pyridine rings is 1. The molecule has 0 bridgehead atoms. The van der Waals surface area contributed by atoms with Gasteiger partial charge in [0.15, 0.2) is 0 Å². The quantitative estimate of drug-likeness (QED) is 0.697. The molecule has 2 heterocycles. The van der Waals surface area contributed by atoms with Gasteiger partial charge in [-0.25, -0.2) is 4.98 Å². The van der Waals surface area contributed by atoms with Crippen molar-refractivity contribution in [1.29, 1.82) is 0 Å². The highest BCUT2D eigenvalue weighted by Gasteiger charge is 2.05. The Morgan fingerprint density at radius 2 is 2.11 bits per heavy atom. The van der Waals surface area contributed by atoms with Crippen LogP contribution in [-0.4, -0.2) is 14.5 Å². The summed E-state index contributed by atoms with van der Waals surface area (Å²) in [5.74, 6) is 0. The minimum atomic E-state index is 0.769. The number of benzene rings is 1. The third-order valence-electron chi connectivity index (χ3n) is 2.81. The van der Waals surface area contributed by atoms with E-state index in [1.165, 1.54) is 5.56 Å². The molecule has 0 unspecified atom stereocenters. The first-order chi connectivity index (χ1) is 8.93. The molecule has 3 aromatic rings. The molecule has 3 rings (SSSR count). The van der Waals surface area contributed by atoms with Crippen molar-refractivity contribution in [1.82, 2.24) is 14.5 Å². The van der Waals surface area contributed by atoms with Crippen LogP contribution >= 0.6 is 0 Å². The Labute approximate surface area is 106 Å². The summed E-state index contributed by atoms with van der Waals surface area (Å²) in [5, 5.41) is 0. The summed E-state index contributed by atoms with van der Waals surface area (Å²) in [4.78, 5) is 8.22. The van der Waals surface area contributed by atoms with Crippen molar-refractivity contribution < 1.29 is 0 Å². The summed E-state index contributed by atoms with van der Waals surface area (Å²) < 4.78 is 2.03. The minimum Gasteiger partial charge on any atom is -0.333 e. The second-order valence-corrected chi connectivity index (χ2v) is 4.04. The lowest BCUT2D eigenvalue weighted by molar-refractivity contribution is 0.798. The number of hydrogen-bond donors (Lipinski definition) is 0. The predicted molar refractivity (Wildman–Crippen MR) is 69.8 cm³/mol. The van der Waals surface area contributed by atoms with E-state index in [1.54, 1.807) is 12.4 Å². The molecule has 0 saturated carbocycles. The van der Waals surface area contributed by atoms with Gasteiger partial charge in [0.05, 0.1) is 6.33 Å². The highest BCUT2D eigenvalue weighted by molar-refractivity contribution is 5.66. The van der Waals surface area contributed by atoms with Crippen molar-refractivity contribution in [3.05, 3.63) is 73.1 Å². The van der Waals surface area contributed by atoms with Crippen LogP contribution in [0.25, 0.3) is 11.1 Å². The zero-order chi connectivity index (χ0) is 12.2. The summed E-state index contributed by atoms with van der Waals surface area (Å²) in [7, 11) is 0. The van der Waals surface area contributed by atoms with E-state index in [0.29, 0.717) is 0 Å². The van der Waals surface area contributed by atoms with Crippen LogP contribution in [0, 0.1) is 6.07 Å². The van der Waals surface area contributed by atoms with E-state index in [1.807, 2.05) is 41.5 Å². The van der Waals surface area contributed by atoms with Crippen LogP contribution in [0.2, 0.25) is 0 Å². The molecule has 0 spiro atoms. The summed E-state index contributed by atoms with van der Waals surface area (Å²) in [5.41, 5.74) is 3.42. The molecule has 3 nitrogen and oxygen atoms in total. The molecule has 0 N–H and O–H groups in total. The third kappa shape index (κ3) is 2.15. The molecule has 0 saturated heterocycles. The van der Waals surface area contributed by atoms with Gasteiger partial charge in [0.1, 0.15) is 0 Å². The summed E-state index contributed by atoms with van der Waals surface area (Å²) in [6.07, 6.45) is 9.21. The third-order valence-corrected chi connectivity index (χ3v) is 2.81. The van der Waals surface area contributed by atoms with Gasteiger partial charge < -0.3 is 4.57 Å². The van der Waals surface area contributed by atoms with E-state index >= 15 is 0 Å². The van der Waals surface area contributed by atoms with E-state index in [9.17, 15) is 0 Å². The van der Waals surface area contributed by atoms with Crippen molar-refractivity contribution in [2.24, 2.45) is 0 Å². The fourth-order valence-electron chi connectivity index (χ4n) is 1.96. The smallest absolute Gasteiger partial charge is 0.0949 e. The molecule has 0 atom stereocenters. The minimum absolute atomic E-state index is 0.769. The lowest BCUT2D eigenvalue weighted by Crippen LogP contribution is -1.99. The molecule has 1 aromatic carbocycles. The molecule has 3 heteroatoms. The maximum Gasteiger partial charge on any atom is 0.0949 e. The Kier molecular flexibility index (Phi) is 2.88. The zero-order valence-electron chi connectivity index (χ0n) is 9.82. The first-order valence-corrected chi connectivity index (χ1v) is 5.79. The van der Waals surface area contributed by atoms with Gasteiger partial charge in [0, 0.05) is 36.9 Å². The van der Waals surface area contributed by atoms with Gasteiger partial charge in [0.25, 0.3) is 0 Å². The maximum absolute atomic E-state index is 4.17. The van der Waals surface area contributed by atoms with Gasteiger partial charge in [-0.05, 0) is 23.3 Å². The van der Waals surface area contributed by atoms with Crippen LogP contribution in [0.4, 0.5) is 0 Å². The van der Waals surface area contributed by atoms with Gasteiger partial charge in [-0.15, -0.1) is 0 Å². The Morgan fingerprint density at radius 3 is 2.89 bits per heavy atom. The van der Waals surface area contributed by atoms with E-state index in [0.717, 1.165) is 17.7 Å². The normalized spacial score (nSPS) is 10.4. The van der Waals surface area contributed by atoms with E-state index in [-0.39, 0.29) is 0 Å². The molecule has 0 aliphatic heterocycles. The number of aromatic nitrogens is 3. The van der Waals surface area contributed by atoms with Crippen LogP contribution in [-0.2, 0) is 6.54 Å². The Balaban J connectivity index is 2.00. The van der Waals surface area contributed by atoms with Crippen LogP contribution in [0.3, 0.4) is 0 Å². The molecule has 18 heavy (non-hydrogen) atoms. The molecular weight excluding hydrogens is 222 g/mol. The van der Waals surface area contributed by atoms with Gasteiger partial charge >= 0.3 is 0 Å². The van der Waals surface area contributed by atoms with Gasteiger partial charge in [-0.3, -0.25) is 4.98 Å². The molecule has 1 radical (unpaired) electrons. The first kappa shape index (κ1) is 10.7. The molecule has 0 aliphatic rings. The monoisotopic (exact) mass is 234 g/mol. The highest BCUT2D eigenvalue weighted by Crippen LogP contribution is 2.22. The number of nitrogens with zero attached hydrogens (tertiary/aromatic N) is 3. The van der Waals surface area contributed by atoms with Gasteiger partial charge in [0.2, 0.25) is 0 Å². The van der Waals surface area contributed by atoms with Crippen molar-refractivity contribution in [3.63, 3.8) is 0 Å². The number of hydrogen-bond acceptors (Lipinski definition) is 2. The molecule has 2 aromatic heterocycles. The van der Waals surface area contributed by atoms with Gasteiger partial charge in [-0.2, -0.15) is 0 Å². The standard InChI is InChI=1S/C15H12N3/c1-2-6-15(13-5-3-7-16-10-13)14(4-1)11-18-9-8-17-12-18/h1-3,5-10,12H,11H2. The average Bonchev–Trinajstić information content (AvgIpc) is 2.93. The zero-order valence-corrected chi connectivity index (χ0v) is 9.82. The first-order valence-electron chi connectivity index (χ1n) is 5.79. The fraction of sp³-hybridized carbons (Fsp3) is 0.0667. The average molecular weight is 234 g/mol. The van der Waals surface area contributed by atoms with Crippen LogP contribution in [0.5, 0.6) is 0 Å². The maximum atomic E-state index is 4.17. The fourth-order valence-corrected chi connectivity index (χ4v) is 1.96. The Hall–Kier alpha value is -2.42. The largest absolute Gasteiger partial charge is 0.333 e. The topological polar surface area (TPSA) is 30.7 Å². The number of rotatable bonds is 3. The van der Waals surface area contributed by atoms with Gasteiger partial charge in [-0.1, -0.05) is 24.3 Å². The molecule has 0 amide bonds. The molecule has 0 aliphatic carbocycles. The number of imidazole rings is 1. The lowest BCUT2D eigenvalue weighted by Gasteiger charge is -2.09. The van der Waals surface area contributed by atoms with E-state index < -0.39 is 0 Å². The molecule has 87 valence electrons. The lowest BCUT2D eigenvalue weighted by atomic mass is 10.0. The van der Waals surface area contributed by atoms with Crippen molar-refractivity contribution in [2.75, 3.05) is 0 Å². The van der Waals surface area contributed by atoms with Crippen molar-refractivity contribution in [2.45, 2.75) is 6.54 Å². The van der Waals surface area contributed by atoms with Crippen molar-refractivity contribution in [3.8, 4) is 11.1 Å². The van der Waals surface area contributed by atoms with E-state index in [4.69, 9.17) is 0 Å². The Bertz CT molecular complexity index is 615. The summed E-state index contributed by atoms with van der Waals surface area (Å²) >= 11 is 0. The SMILES string of the molecule is [c]1cccc(-c2cccnc2)c1Cn1ccnc1. The second kappa shape index (κ2) is 4.84. The second-order valence-electron chi connectivity index (χ2n) is 4.04. The molecule has 0 fully saturated rings. The van der Waals surface area contributed by atoms with E-state index in [2.05, 4.69) is 28.2 Å². The predicted octanol–water partition coefficient (Wildman–Crippen LogP) is 2.79.